The Bertz CT molecular complexity index is 2010. The smallest absolute Gasteiger partial charge is 0.362 e. The Kier molecular flexibility index (Phi) is 6.22. The first kappa shape index (κ1) is 25.4. The maximum atomic E-state index is 14.1. The Hall–Kier alpha value is -5.85. The number of anilines is 2. The van der Waals surface area contributed by atoms with Crippen LogP contribution < -0.4 is 26.4 Å². The number of benzene rings is 2. The van der Waals surface area contributed by atoms with Crippen LogP contribution in [0.2, 0.25) is 0 Å². The van der Waals surface area contributed by atoms with Gasteiger partial charge in [0.1, 0.15) is 18.2 Å². The van der Waals surface area contributed by atoms with Crippen LogP contribution in [-0.4, -0.2) is 41.2 Å². The fourth-order valence-electron chi connectivity index (χ4n) is 4.71. The third kappa shape index (κ3) is 4.54. The van der Waals surface area contributed by atoms with Gasteiger partial charge in [0.25, 0.3) is 17.4 Å². The third-order valence-corrected chi connectivity index (χ3v) is 6.60. The number of aromatic amines is 1. The predicted molar refractivity (Wildman–Crippen MR) is 151 cm³/mol. The van der Waals surface area contributed by atoms with E-state index in [4.69, 9.17) is 10.7 Å². The van der Waals surface area contributed by atoms with Gasteiger partial charge in [-0.3, -0.25) is 23.6 Å². The van der Waals surface area contributed by atoms with Crippen LogP contribution in [0.4, 0.5) is 11.5 Å². The van der Waals surface area contributed by atoms with E-state index < -0.39 is 23.4 Å². The van der Waals surface area contributed by atoms with Gasteiger partial charge in [0.15, 0.2) is 11.4 Å². The first-order valence-corrected chi connectivity index (χ1v) is 12.7. The fraction of sp³-hybridized carbons (Fsp3) is 0.107. The largest absolute Gasteiger partial charge is 0.382 e. The number of para-hydroxylation sites is 1. The van der Waals surface area contributed by atoms with E-state index in [1.807, 2.05) is 6.07 Å². The molecule has 4 heterocycles. The number of carbonyl (C=O) groups is 2. The minimum atomic E-state index is -0.730. The first-order valence-electron chi connectivity index (χ1n) is 12.7. The molecule has 0 saturated carbocycles. The number of hydrogen-bond acceptors (Lipinski definition) is 7. The highest BCUT2D eigenvalue weighted by Gasteiger charge is 2.28. The van der Waals surface area contributed by atoms with Gasteiger partial charge in [0, 0.05) is 19.3 Å². The van der Waals surface area contributed by atoms with Crippen LogP contribution in [0.15, 0.2) is 84.2 Å². The van der Waals surface area contributed by atoms with Crippen LogP contribution in [0.3, 0.4) is 0 Å². The van der Waals surface area contributed by atoms with Crippen LogP contribution in [0, 0.1) is 0 Å². The molecule has 0 aliphatic carbocycles. The van der Waals surface area contributed by atoms with E-state index in [2.05, 4.69) is 25.8 Å². The number of amides is 2. The lowest BCUT2D eigenvalue weighted by Gasteiger charge is -2.20. The minimum Gasteiger partial charge on any atom is -0.382 e. The van der Waals surface area contributed by atoms with Crippen molar-refractivity contribution in [2.24, 2.45) is 7.05 Å². The van der Waals surface area contributed by atoms with Crippen LogP contribution in [-0.2, 0) is 7.05 Å². The molecule has 0 fully saturated rings. The molecule has 0 aliphatic heterocycles. The number of hydrogen-bond donors (Lipinski definition) is 4. The topological polar surface area (TPSA) is 170 Å². The predicted octanol–water partition coefficient (Wildman–Crippen LogP) is 1.91. The standard InChI is InChI=1S/C28H24N10O3/c1-16(32-27(40)22-23(29)35-37-13-7-12-30-25(22)37)24-33-19-10-6-11-20(34-26(39)17-14-31-36(2)15-17)21(19)28(41)38(24)18-8-4-3-5-9-18/h3-16H,1-2H3,(H4,29,32,34,35,39,40,41)/p+1. The second-order valence-electron chi connectivity index (χ2n) is 9.41. The van der Waals surface area contributed by atoms with Gasteiger partial charge >= 0.3 is 5.65 Å². The summed E-state index contributed by atoms with van der Waals surface area (Å²) in [5, 5.41) is 12.9. The van der Waals surface area contributed by atoms with Crippen molar-refractivity contribution in [3.63, 3.8) is 0 Å². The highest BCUT2D eigenvalue weighted by atomic mass is 16.2. The number of nitrogens with zero attached hydrogens (tertiary/aromatic N) is 6. The van der Waals surface area contributed by atoms with E-state index in [-0.39, 0.29) is 22.6 Å². The second-order valence-corrected chi connectivity index (χ2v) is 9.41. The Morgan fingerprint density at radius 2 is 1.88 bits per heavy atom. The number of nitrogens with two attached hydrogens (primary N) is 1. The molecule has 4 aromatic heterocycles. The molecule has 1 unspecified atom stereocenters. The van der Waals surface area contributed by atoms with Gasteiger partial charge in [0.2, 0.25) is 0 Å². The number of fused-ring (bicyclic) bond motifs is 2. The van der Waals surface area contributed by atoms with Crippen molar-refractivity contribution in [3.05, 3.63) is 107 Å². The van der Waals surface area contributed by atoms with Crippen molar-refractivity contribution in [1.82, 2.24) is 34.7 Å². The summed E-state index contributed by atoms with van der Waals surface area (Å²) in [6.07, 6.45) is 6.28. The molecule has 41 heavy (non-hydrogen) atoms. The van der Waals surface area contributed by atoms with Crippen LogP contribution in [0.5, 0.6) is 0 Å². The minimum absolute atomic E-state index is 0.148. The van der Waals surface area contributed by atoms with Crippen molar-refractivity contribution in [3.8, 4) is 5.69 Å². The van der Waals surface area contributed by atoms with Crippen molar-refractivity contribution in [2.75, 3.05) is 11.1 Å². The van der Waals surface area contributed by atoms with E-state index in [0.29, 0.717) is 28.1 Å². The van der Waals surface area contributed by atoms with Gasteiger partial charge in [-0.1, -0.05) is 24.3 Å². The summed E-state index contributed by atoms with van der Waals surface area (Å²) >= 11 is 0. The zero-order valence-corrected chi connectivity index (χ0v) is 22.1. The van der Waals surface area contributed by atoms with Crippen molar-refractivity contribution < 1.29 is 14.1 Å². The molecule has 6 aromatic rings. The van der Waals surface area contributed by atoms with Gasteiger partial charge in [-0.25, -0.2) is 10.1 Å². The number of aromatic nitrogens is 7. The van der Waals surface area contributed by atoms with Crippen molar-refractivity contribution in [1.29, 1.82) is 0 Å². The molecule has 0 bridgehead atoms. The van der Waals surface area contributed by atoms with E-state index >= 15 is 0 Å². The molecule has 204 valence electrons. The van der Waals surface area contributed by atoms with E-state index in [1.54, 1.807) is 85.6 Å². The van der Waals surface area contributed by atoms with E-state index in [1.165, 1.54) is 15.4 Å². The number of rotatable bonds is 6. The van der Waals surface area contributed by atoms with Gasteiger partial charge in [-0.15, -0.1) is 4.52 Å². The zero-order valence-electron chi connectivity index (χ0n) is 22.1. The number of carbonyl (C=O) groups excluding carboxylic acids is 2. The normalized spacial score (nSPS) is 12.0. The van der Waals surface area contributed by atoms with Crippen molar-refractivity contribution >= 4 is 39.9 Å². The molecular formula is C28H25N10O3+. The summed E-state index contributed by atoms with van der Waals surface area (Å²) in [6.45, 7) is 1.73. The lowest BCUT2D eigenvalue weighted by atomic mass is 10.1. The third-order valence-electron chi connectivity index (χ3n) is 6.60. The molecule has 0 spiro atoms. The Balaban J connectivity index is 1.45. The maximum Gasteiger partial charge on any atom is 0.362 e. The summed E-state index contributed by atoms with van der Waals surface area (Å²) in [5.74, 6) is -0.464. The summed E-state index contributed by atoms with van der Waals surface area (Å²) < 4.78 is 4.49. The SMILES string of the molecule is CC(NC(=O)c1c(N)[nH][n+]2cccnc12)c1nc2cccc(NC(=O)c3cnn(C)c3)c2c(=O)n1-c1ccccc1. The Labute approximate surface area is 232 Å². The molecule has 13 heteroatoms. The Morgan fingerprint density at radius 3 is 2.63 bits per heavy atom. The molecule has 0 aliphatic rings. The van der Waals surface area contributed by atoms with Gasteiger partial charge in [-0.2, -0.15) is 5.10 Å². The molecule has 1 atom stereocenters. The lowest BCUT2D eigenvalue weighted by molar-refractivity contribution is -0.577. The Morgan fingerprint density at radius 1 is 1.07 bits per heavy atom. The molecule has 6 rings (SSSR count). The van der Waals surface area contributed by atoms with Crippen LogP contribution in [0.1, 0.15) is 39.5 Å². The summed E-state index contributed by atoms with van der Waals surface area (Å²) in [7, 11) is 1.71. The molecule has 0 radical (unpaired) electrons. The number of H-pyrrole nitrogens is 1. The molecule has 5 N–H and O–H groups in total. The molecule has 0 saturated heterocycles. The summed E-state index contributed by atoms with van der Waals surface area (Å²) in [4.78, 5) is 49.5. The molecule has 2 aromatic carbocycles. The second kappa shape index (κ2) is 10.0. The highest BCUT2D eigenvalue weighted by molar-refractivity contribution is 6.08. The van der Waals surface area contributed by atoms with Crippen molar-refractivity contribution in [2.45, 2.75) is 13.0 Å². The average Bonchev–Trinajstić information content (AvgIpc) is 3.55. The molecule has 13 nitrogen and oxygen atoms in total. The fourth-order valence-corrected chi connectivity index (χ4v) is 4.71. The highest BCUT2D eigenvalue weighted by Crippen LogP contribution is 2.24. The molecular weight excluding hydrogens is 524 g/mol. The summed E-state index contributed by atoms with van der Waals surface area (Å²) in [6, 6.07) is 15.0. The average molecular weight is 550 g/mol. The number of nitrogens with one attached hydrogen (secondary N) is 3. The maximum absolute atomic E-state index is 14.1. The number of aryl methyl sites for hydroxylation is 1. The lowest BCUT2D eigenvalue weighted by Crippen LogP contribution is -2.34. The van der Waals surface area contributed by atoms with E-state index in [0.717, 1.165) is 0 Å². The molecule has 2 amide bonds. The van der Waals surface area contributed by atoms with Gasteiger partial charge in [-0.05, 0) is 36.2 Å². The monoisotopic (exact) mass is 549 g/mol. The quantitative estimate of drug-likeness (QED) is 0.230. The van der Waals surface area contributed by atoms with Crippen LogP contribution >= 0.6 is 0 Å². The van der Waals surface area contributed by atoms with E-state index in [9.17, 15) is 14.4 Å². The van der Waals surface area contributed by atoms with Gasteiger partial charge in [0.05, 0.1) is 40.1 Å². The van der Waals surface area contributed by atoms with Gasteiger partial charge < -0.3 is 16.4 Å². The zero-order chi connectivity index (χ0) is 28.7. The number of nitrogen functional groups attached to an aromatic ring is 1. The summed E-state index contributed by atoms with van der Waals surface area (Å²) in [5.41, 5.74) is 7.76. The van der Waals surface area contributed by atoms with Crippen LogP contribution in [0.25, 0.3) is 22.2 Å². The first-order chi connectivity index (χ1) is 19.8.